The molecule has 0 saturated carbocycles. The van der Waals surface area contributed by atoms with Crippen LogP contribution in [0.15, 0.2) is 24.3 Å². The fourth-order valence-corrected chi connectivity index (χ4v) is 6.66. The Balaban J connectivity index is 0.00000378. The maximum atomic E-state index is 12.2. The number of carboxylic acid groups (broad SMARTS) is 5. The second-order valence-electron chi connectivity index (χ2n) is 12.7. The quantitative estimate of drug-likeness (QED) is 0.0903. The van der Waals surface area contributed by atoms with E-state index in [4.69, 9.17) is 9.97 Å². The van der Waals surface area contributed by atoms with Gasteiger partial charge in [-0.2, -0.15) is 0 Å². The topological polar surface area (TPSA) is 244 Å². The summed E-state index contributed by atoms with van der Waals surface area (Å²) in [6.07, 6.45) is -0.751. The lowest BCUT2D eigenvalue weighted by molar-refractivity contribution is -0.138. The minimum Gasteiger partial charge on any atom is -0.481 e. The van der Waals surface area contributed by atoms with Crippen LogP contribution in [-0.2, 0) is 43.2 Å². The van der Waals surface area contributed by atoms with E-state index in [1.807, 2.05) is 13.8 Å². The second-order valence-corrected chi connectivity index (χ2v) is 12.7. The highest BCUT2D eigenvalue weighted by Crippen LogP contribution is 2.37. The number of nitrogens with one attached hydrogen (secondary N) is 2. The van der Waals surface area contributed by atoms with Crippen molar-refractivity contribution in [2.45, 2.75) is 78.6 Å². The van der Waals surface area contributed by atoms with Crippen LogP contribution >= 0.6 is 24.8 Å². The summed E-state index contributed by atoms with van der Waals surface area (Å²) in [4.78, 5) is 75.2. The number of aromatic amines is 2. The Kier molecular flexibility index (Phi) is 13.7. The highest BCUT2D eigenvalue weighted by Gasteiger charge is 2.23. The molecule has 0 unspecified atom stereocenters. The van der Waals surface area contributed by atoms with Crippen molar-refractivity contribution in [3.8, 4) is 0 Å². The van der Waals surface area contributed by atoms with E-state index in [2.05, 4.69) is 9.97 Å². The number of H-pyrrole nitrogens is 2. The van der Waals surface area contributed by atoms with Gasteiger partial charge >= 0.3 is 29.8 Å². The normalized spacial score (nSPS) is 12.3. The SMILES string of the molecule is CC1=C(CCC(=O)O)c2cc3[15nH]c(cc4[15n]c(cc5[15nH]c(cc1[15n]2)c(CCC(=O)O)c5CC(=O)O)C(CCC(=O)O)=C4C)c(C)c3CCC(=O)O.Cl.Cl. The lowest BCUT2D eigenvalue weighted by Crippen LogP contribution is -2.04. The van der Waals surface area contributed by atoms with Crippen molar-refractivity contribution in [3.05, 3.63) is 69.3 Å². The average Bonchev–Trinajstić information content (AvgIpc) is 3.70. The Morgan fingerprint density at radius 1 is 0.491 bits per heavy atom. The molecule has 0 atom stereocenters. The molecule has 53 heavy (non-hydrogen) atoms. The highest BCUT2D eigenvalue weighted by molar-refractivity contribution is 5.96. The first-order valence-corrected chi connectivity index (χ1v) is 16.4. The maximum Gasteiger partial charge on any atom is 0.307 e. The molecule has 5 heterocycles. The first-order valence-electron chi connectivity index (χ1n) is 16.4. The summed E-state index contributed by atoms with van der Waals surface area (Å²) in [6, 6.07) is 6.90. The zero-order valence-corrected chi connectivity index (χ0v) is 30.8. The number of carboxylic acids is 5. The van der Waals surface area contributed by atoms with Crippen molar-refractivity contribution in [1.82, 2.24) is 19.9 Å². The number of halogens is 2. The fraction of sp³-hybridized carbons (Fsp3) is 0.324. The number of aliphatic carboxylic acids is 5. The minimum absolute atomic E-state index is 0. The number of hydrogen-bond donors (Lipinski definition) is 7. The maximum absolute atomic E-state index is 12.2. The molecule has 282 valence electrons. The van der Waals surface area contributed by atoms with Crippen LogP contribution in [0, 0.1) is 6.92 Å². The van der Waals surface area contributed by atoms with E-state index in [1.54, 1.807) is 31.2 Å². The van der Waals surface area contributed by atoms with Crippen LogP contribution in [0.25, 0.3) is 44.4 Å². The lowest BCUT2D eigenvalue weighted by Gasteiger charge is -2.04. The van der Waals surface area contributed by atoms with Gasteiger partial charge in [-0.3, -0.25) is 24.0 Å². The molecule has 0 aliphatic carbocycles. The Hall–Kier alpha value is -5.47. The summed E-state index contributed by atoms with van der Waals surface area (Å²) < 4.78 is 0. The molecule has 14 nitrogen and oxygen atoms in total. The fourth-order valence-electron chi connectivity index (χ4n) is 6.66. The van der Waals surface area contributed by atoms with E-state index in [-0.39, 0.29) is 76.2 Å². The summed E-state index contributed by atoms with van der Waals surface area (Å²) in [6.45, 7) is 5.46. The number of fused-ring (bicyclic) bond motifs is 8. The van der Waals surface area contributed by atoms with Gasteiger partial charge in [0.05, 0.1) is 29.2 Å². The van der Waals surface area contributed by atoms with Gasteiger partial charge in [0.15, 0.2) is 0 Å². The molecule has 5 rings (SSSR count). The molecule has 0 spiro atoms. The van der Waals surface area contributed by atoms with Gasteiger partial charge in [0.25, 0.3) is 0 Å². The molecule has 3 aromatic rings. The first kappa shape index (κ1) is 41.9. The van der Waals surface area contributed by atoms with Crippen molar-refractivity contribution in [2.75, 3.05) is 0 Å². The summed E-state index contributed by atoms with van der Waals surface area (Å²) in [5.74, 6) is -5.20. The van der Waals surface area contributed by atoms with Crippen LogP contribution in [0.3, 0.4) is 0 Å². The number of aryl methyl sites for hydroxylation is 3. The predicted octanol–water partition coefficient (Wildman–Crippen LogP) is 6.72. The van der Waals surface area contributed by atoms with E-state index < -0.39 is 36.3 Å². The summed E-state index contributed by atoms with van der Waals surface area (Å²) in [7, 11) is 0. The van der Waals surface area contributed by atoms with Crippen molar-refractivity contribution >= 4 is 99.0 Å². The molecular weight excluding hydrogens is 735 g/mol. The zero-order valence-electron chi connectivity index (χ0n) is 29.2. The van der Waals surface area contributed by atoms with Crippen molar-refractivity contribution in [3.63, 3.8) is 0 Å². The van der Waals surface area contributed by atoms with Crippen LogP contribution in [0.5, 0.6) is 0 Å². The van der Waals surface area contributed by atoms with E-state index in [0.29, 0.717) is 78.3 Å². The minimum atomic E-state index is -1.14. The third kappa shape index (κ3) is 9.50. The van der Waals surface area contributed by atoms with Crippen molar-refractivity contribution < 1.29 is 49.5 Å². The van der Waals surface area contributed by atoms with Gasteiger partial charge in [-0.1, -0.05) is 0 Å². The van der Waals surface area contributed by atoms with Gasteiger partial charge in [0, 0.05) is 47.8 Å². The van der Waals surface area contributed by atoms with Crippen LogP contribution < -0.4 is 0 Å². The summed E-state index contributed by atoms with van der Waals surface area (Å²) in [5.41, 5.74) is 8.86. The molecule has 0 fully saturated rings. The molecule has 0 saturated heterocycles. The molecule has 16 heteroatoms. The Bertz CT molecular complexity index is 2230. The number of carbonyl (C=O) groups is 5. The Morgan fingerprint density at radius 3 is 1.30 bits per heavy atom. The van der Waals surface area contributed by atoms with Gasteiger partial charge in [-0.05, 0) is 115 Å². The number of allylic oxidation sites excluding steroid dienone is 4. The molecule has 3 aromatic heterocycles. The Morgan fingerprint density at radius 2 is 0.849 bits per heavy atom. The third-order valence-corrected chi connectivity index (χ3v) is 9.32. The molecule has 0 aromatic carbocycles. The molecule has 2 aliphatic heterocycles. The van der Waals surface area contributed by atoms with E-state index in [9.17, 15) is 49.5 Å². The molecule has 8 bridgehead atoms. The zero-order chi connectivity index (χ0) is 37.1. The molecule has 0 radical (unpaired) electrons. The van der Waals surface area contributed by atoms with Gasteiger partial charge < -0.3 is 35.5 Å². The predicted molar refractivity (Wildman–Crippen MR) is 202 cm³/mol. The van der Waals surface area contributed by atoms with E-state index in [1.165, 1.54) is 0 Å². The standard InChI is InChI=1S/C37H38N4O10.2ClH/c1-17-20(4-8-33(42)43)28-15-29-22(6-10-35(46)47)19(3)27(40-29)14-31-23(7-11-36(48)49)24(12-37(50)51)32(41-31)16-30-21(5-9-34(44)45)18(2)26(39-30)13-25(17)38-28;;/h13-16,38,41H,4-12H2,1-3H3,(H,42,43)(H,44,45)(H,46,47)(H,48,49)(H,50,51);2*1H/i38+1,39+1,40+1,41+1;;. The Labute approximate surface area is 315 Å². The van der Waals surface area contributed by atoms with Crippen LogP contribution in [0.4, 0.5) is 0 Å². The number of aromatic nitrogens is 4. The van der Waals surface area contributed by atoms with Crippen LogP contribution in [0.2, 0.25) is 0 Å². The first-order chi connectivity index (χ1) is 24.1. The largest absolute Gasteiger partial charge is 0.481 e. The summed E-state index contributed by atoms with van der Waals surface area (Å²) >= 11 is 0. The number of rotatable bonds is 14. The molecular formula is C37H40Cl2N4O10. The summed E-state index contributed by atoms with van der Waals surface area (Å²) in [5, 5.41) is 48.1. The molecule has 2 aliphatic rings. The van der Waals surface area contributed by atoms with Crippen LogP contribution in [0.1, 0.15) is 97.4 Å². The third-order valence-electron chi connectivity index (χ3n) is 9.32. The smallest absolute Gasteiger partial charge is 0.307 e. The molecule has 0 amide bonds. The number of hydrogen-bond acceptors (Lipinski definition) is 7. The monoisotopic (exact) mass is 774 g/mol. The van der Waals surface area contributed by atoms with Crippen LogP contribution in [-0.4, -0.2) is 75.3 Å². The van der Waals surface area contributed by atoms with Crippen molar-refractivity contribution in [2.24, 2.45) is 0 Å². The van der Waals surface area contributed by atoms with Gasteiger partial charge in [-0.15, -0.1) is 24.8 Å². The van der Waals surface area contributed by atoms with Gasteiger partial charge in [-0.25, -0.2) is 9.97 Å². The number of nitrogens with zero attached hydrogens (tertiary/aromatic N) is 2. The average molecular weight is 776 g/mol. The van der Waals surface area contributed by atoms with E-state index in [0.717, 1.165) is 11.1 Å². The molecule has 7 N–H and O–H groups in total. The highest BCUT2D eigenvalue weighted by atomic mass is 35.5. The lowest BCUT2D eigenvalue weighted by atomic mass is 9.98. The second kappa shape index (κ2) is 17.4. The van der Waals surface area contributed by atoms with Gasteiger partial charge in [0.1, 0.15) is 0 Å². The van der Waals surface area contributed by atoms with E-state index >= 15 is 0 Å². The van der Waals surface area contributed by atoms with Crippen molar-refractivity contribution in [1.29, 1.82) is 0 Å². The van der Waals surface area contributed by atoms with Gasteiger partial charge in [0.2, 0.25) is 0 Å².